The quantitative estimate of drug-likeness (QED) is 0.588. The molecule has 1 atom stereocenters. The molecule has 0 spiro atoms. The van der Waals surface area contributed by atoms with Crippen LogP contribution in [0, 0.1) is 6.92 Å². The van der Waals surface area contributed by atoms with E-state index in [2.05, 4.69) is 31.0 Å². The van der Waals surface area contributed by atoms with Crippen molar-refractivity contribution < 1.29 is 9.21 Å². The van der Waals surface area contributed by atoms with E-state index in [0.717, 1.165) is 30.8 Å². The summed E-state index contributed by atoms with van der Waals surface area (Å²) in [7, 11) is 0. The van der Waals surface area contributed by atoms with Crippen molar-refractivity contribution in [1.29, 1.82) is 0 Å². The first-order chi connectivity index (χ1) is 11.7. The third-order valence-corrected chi connectivity index (χ3v) is 4.09. The number of aromatic amines is 2. The van der Waals surface area contributed by atoms with E-state index >= 15 is 0 Å². The van der Waals surface area contributed by atoms with Crippen LogP contribution < -0.4 is 10.6 Å². The molecule has 4 rings (SSSR count). The molecule has 8 nitrogen and oxygen atoms in total. The van der Waals surface area contributed by atoms with Crippen LogP contribution in [0.4, 0.5) is 5.82 Å². The van der Waals surface area contributed by atoms with Crippen molar-refractivity contribution in [3.63, 3.8) is 0 Å². The van der Waals surface area contributed by atoms with Gasteiger partial charge in [0.1, 0.15) is 11.5 Å². The van der Waals surface area contributed by atoms with E-state index < -0.39 is 0 Å². The molecule has 8 heteroatoms. The number of H-pyrrole nitrogens is 2. The normalized spacial score (nSPS) is 17.3. The summed E-state index contributed by atoms with van der Waals surface area (Å²) in [5.74, 6) is 1.61. The van der Waals surface area contributed by atoms with Gasteiger partial charge in [-0.2, -0.15) is 10.2 Å². The second-order valence-electron chi connectivity index (χ2n) is 5.89. The van der Waals surface area contributed by atoms with Gasteiger partial charge in [0.25, 0.3) is 5.91 Å². The Kier molecular flexibility index (Phi) is 3.66. The van der Waals surface area contributed by atoms with Crippen LogP contribution in [-0.4, -0.2) is 32.8 Å². The predicted molar refractivity (Wildman–Crippen MR) is 87.5 cm³/mol. The largest absolute Gasteiger partial charge is 0.460 e. The third-order valence-electron chi connectivity index (χ3n) is 4.09. The molecule has 1 saturated heterocycles. The topological polar surface area (TPSA) is 112 Å². The maximum Gasteiger partial charge on any atom is 0.277 e. The Labute approximate surface area is 138 Å². The molecule has 3 aromatic rings. The Morgan fingerprint density at radius 1 is 1.29 bits per heavy atom. The van der Waals surface area contributed by atoms with E-state index in [1.165, 1.54) is 0 Å². The van der Waals surface area contributed by atoms with Gasteiger partial charge in [-0.05, 0) is 44.5 Å². The van der Waals surface area contributed by atoms with Crippen molar-refractivity contribution in [2.24, 2.45) is 0 Å². The zero-order valence-corrected chi connectivity index (χ0v) is 13.2. The molecule has 1 fully saturated rings. The number of anilines is 1. The highest BCUT2D eigenvalue weighted by Gasteiger charge is 2.20. The van der Waals surface area contributed by atoms with Gasteiger partial charge < -0.3 is 15.1 Å². The van der Waals surface area contributed by atoms with E-state index in [4.69, 9.17) is 4.42 Å². The molecule has 0 bridgehead atoms. The summed E-state index contributed by atoms with van der Waals surface area (Å²) < 4.78 is 5.52. The highest BCUT2D eigenvalue weighted by atomic mass is 16.3. The molecule has 0 aliphatic carbocycles. The fourth-order valence-electron chi connectivity index (χ4n) is 2.85. The number of nitrogens with one attached hydrogen (secondary N) is 4. The summed E-state index contributed by atoms with van der Waals surface area (Å²) in [6.45, 7) is 2.87. The molecule has 124 valence electrons. The molecule has 0 saturated carbocycles. The minimum absolute atomic E-state index is 0.248. The summed E-state index contributed by atoms with van der Waals surface area (Å²) in [5.41, 5.74) is 1.99. The number of hydrogen-bond acceptors (Lipinski definition) is 5. The Hall–Kier alpha value is -2.87. The highest BCUT2D eigenvalue weighted by Crippen LogP contribution is 2.23. The number of carbonyl (C=O) groups excluding carboxylic acids is 1. The van der Waals surface area contributed by atoms with Gasteiger partial charge in [0.05, 0.1) is 5.69 Å². The van der Waals surface area contributed by atoms with E-state index in [1.54, 1.807) is 12.1 Å². The fourth-order valence-corrected chi connectivity index (χ4v) is 2.85. The second kappa shape index (κ2) is 5.97. The monoisotopic (exact) mass is 326 g/mol. The lowest BCUT2D eigenvalue weighted by Gasteiger charge is -2.05. The minimum atomic E-state index is -0.302. The van der Waals surface area contributed by atoms with Gasteiger partial charge >= 0.3 is 0 Å². The second-order valence-corrected chi connectivity index (χ2v) is 5.89. The molecule has 3 aromatic heterocycles. The van der Waals surface area contributed by atoms with E-state index in [9.17, 15) is 4.79 Å². The van der Waals surface area contributed by atoms with Crippen molar-refractivity contribution in [3.8, 4) is 11.5 Å². The SMILES string of the molecule is Cc1ccc(-c2cc(NC(=O)c3cc(C4CCCN4)[nH]n3)n[nH]2)o1. The van der Waals surface area contributed by atoms with Gasteiger partial charge in [-0.3, -0.25) is 15.0 Å². The summed E-state index contributed by atoms with van der Waals surface area (Å²) in [4.78, 5) is 12.3. The number of hydrogen-bond donors (Lipinski definition) is 4. The lowest BCUT2D eigenvalue weighted by molar-refractivity contribution is 0.102. The number of aryl methyl sites for hydroxylation is 1. The van der Waals surface area contributed by atoms with Crippen LogP contribution in [0.1, 0.15) is 40.8 Å². The molecule has 1 unspecified atom stereocenters. The molecule has 1 aliphatic rings. The number of carbonyl (C=O) groups is 1. The van der Waals surface area contributed by atoms with Crippen LogP contribution in [0.3, 0.4) is 0 Å². The average Bonchev–Trinajstić information content (AvgIpc) is 3.34. The summed E-state index contributed by atoms with van der Waals surface area (Å²) in [6.07, 6.45) is 2.18. The van der Waals surface area contributed by atoms with Crippen LogP contribution in [0.15, 0.2) is 28.7 Å². The van der Waals surface area contributed by atoms with Crippen molar-refractivity contribution in [2.75, 3.05) is 11.9 Å². The maximum absolute atomic E-state index is 12.3. The van der Waals surface area contributed by atoms with E-state index in [1.807, 2.05) is 19.1 Å². The Morgan fingerprint density at radius 3 is 2.96 bits per heavy atom. The highest BCUT2D eigenvalue weighted by molar-refractivity contribution is 6.02. The molecule has 24 heavy (non-hydrogen) atoms. The predicted octanol–water partition coefficient (Wildman–Crippen LogP) is 2.38. The van der Waals surface area contributed by atoms with Crippen molar-refractivity contribution in [3.05, 3.63) is 41.4 Å². The van der Waals surface area contributed by atoms with Crippen LogP contribution in [0.5, 0.6) is 0 Å². The molecular formula is C16H18N6O2. The summed E-state index contributed by atoms with van der Waals surface area (Å²) in [6, 6.07) is 7.47. The maximum atomic E-state index is 12.3. The van der Waals surface area contributed by atoms with Crippen molar-refractivity contribution in [2.45, 2.75) is 25.8 Å². The summed E-state index contributed by atoms with van der Waals surface area (Å²) in [5, 5.41) is 20.1. The Balaban J connectivity index is 1.45. The van der Waals surface area contributed by atoms with Crippen LogP contribution >= 0.6 is 0 Å². The number of rotatable bonds is 4. The van der Waals surface area contributed by atoms with Crippen LogP contribution in [0.2, 0.25) is 0 Å². The van der Waals surface area contributed by atoms with Gasteiger partial charge in [-0.25, -0.2) is 0 Å². The van der Waals surface area contributed by atoms with Crippen LogP contribution in [0.25, 0.3) is 11.5 Å². The summed E-state index contributed by atoms with van der Waals surface area (Å²) >= 11 is 0. The first-order valence-corrected chi connectivity index (χ1v) is 7.91. The fraction of sp³-hybridized carbons (Fsp3) is 0.312. The van der Waals surface area contributed by atoms with Crippen molar-refractivity contribution >= 4 is 11.7 Å². The molecule has 0 aromatic carbocycles. The van der Waals surface area contributed by atoms with E-state index in [-0.39, 0.29) is 11.9 Å². The number of furan rings is 1. The van der Waals surface area contributed by atoms with Gasteiger partial charge in [-0.15, -0.1) is 0 Å². The first kappa shape index (κ1) is 14.7. The molecule has 1 aliphatic heterocycles. The van der Waals surface area contributed by atoms with Crippen LogP contribution in [-0.2, 0) is 0 Å². The zero-order valence-electron chi connectivity index (χ0n) is 13.2. The minimum Gasteiger partial charge on any atom is -0.460 e. The van der Waals surface area contributed by atoms with Gasteiger partial charge in [-0.1, -0.05) is 0 Å². The molecular weight excluding hydrogens is 308 g/mol. The smallest absolute Gasteiger partial charge is 0.277 e. The number of amides is 1. The lowest BCUT2D eigenvalue weighted by Crippen LogP contribution is -2.13. The number of nitrogens with zero attached hydrogens (tertiary/aromatic N) is 2. The Morgan fingerprint density at radius 2 is 2.21 bits per heavy atom. The van der Waals surface area contributed by atoms with Gasteiger partial charge in [0, 0.05) is 12.1 Å². The zero-order chi connectivity index (χ0) is 16.5. The molecule has 4 heterocycles. The van der Waals surface area contributed by atoms with Crippen molar-refractivity contribution in [1.82, 2.24) is 25.7 Å². The molecule has 1 amide bonds. The third kappa shape index (κ3) is 2.83. The standard InChI is InChI=1S/C16H18N6O2/c1-9-4-5-14(24-9)12-8-15(22-20-12)18-16(23)13-7-11(19-21-13)10-3-2-6-17-10/h4-5,7-8,10,17H,2-3,6H2,1H3,(H,19,21)(H2,18,20,22,23). The number of aromatic nitrogens is 4. The molecule has 4 N–H and O–H groups in total. The van der Waals surface area contributed by atoms with Gasteiger partial charge in [0.15, 0.2) is 17.3 Å². The van der Waals surface area contributed by atoms with E-state index in [0.29, 0.717) is 23.0 Å². The Bertz CT molecular complexity index is 855. The van der Waals surface area contributed by atoms with Gasteiger partial charge in [0.2, 0.25) is 0 Å². The lowest BCUT2D eigenvalue weighted by atomic mass is 10.1. The first-order valence-electron chi connectivity index (χ1n) is 7.91. The average molecular weight is 326 g/mol. The molecule has 0 radical (unpaired) electrons.